The van der Waals surface area contributed by atoms with Gasteiger partial charge in [0.25, 0.3) is 0 Å². The second-order valence-electron chi connectivity index (χ2n) is 8.84. The summed E-state index contributed by atoms with van der Waals surface area (Å²) in [4.78, 5) is 0. The fourth-order valence-corrected chi connectivity index (χ4v) is 6.62. The zero-order valence-electron chi connectivity index (χ0n) is 19.2. The van der Waals surface area contributed by atoms with E-state index in [9.17, 15) is 0 Å². The molecule has 34 heavy (non-hydrogen) atoms. The van der Waals surface area contributed by atoms with Gasteiger partial charge in [-0.2, -0.15) is 50.5 Å². The predicted molar refractivity (Wildman–Crippen MR) is 167 cm³/mol. The first-order valence-electron chi connectivity index (χ1n) is 12.0. The SMILES string of the molecule is SCCc1c2ccccc2c(CCS)c2cc3c(CCS)c4ccccc4c(CCS)c3cc12. The number of rotatable bonds is 8. The van der Waals surface area contributed by atoms with E-state index >= 15 is 0 Å². The molecule has 5 aromatic rings. The van der Waals surface area contributed by atoms with Crippen LogP contribution in [0.4, 0.5) is 0 Å². The van der Waals surface area contributed by atoms with Crippen molar-refractivity contribution in [1.29, 1.82) is 0 Å². The number of aryl methyl sites for hydroxylation is 4. The zero-order valence-corrected chi connectivity index (χ0v) is 22.8. The fraction of sp³-hybridized carbons (Fsp3) is 0.267. The summed E-state index contributed by atoms with van der Waals surface area (Å²) in [6.07, 6.45) is 3.80. The standard InChI is InChI=1S/C30H30S4/c31-13-9-23-19-5-1-2-6-20(19)24(10-14-32)28-18-30-26(12-16-34)22-8-4-3-7-21(22)25(11-15-33)29(30)17-27(23)28/h1-8,17-18,31-34H,9-16H2. The second kappa shape index (κ2) is 10.7. The van der Waals surface area contributed by atoms with Crippen molar-refractivity contribution in [3.8, 4) is 0 Å². The van der Waals surface area contributed by atoms with Crippen LogP contribution in [0.3, 0.4) is 0 Å². The predicted octanol–water partition coefficient (Wildman–Crippen LogP) is 8.19. The molecule has 0 nitrogen and oxygen atoms in total. The third kappa shape index (κ3) is 4.11. The lowest BCUT2D eigenvalue weighted by Gasteiger charge is -2.21. The van der Waals surface area contributed by atoms with Gasteiger partial charge in [-0.05, 0) is 126 Å². The van der Waals surface area contributed by atoms with E-state index < -0.39 is 0 Å². The zero-order chi connectivity index (χ0) is 23.7. The highest BCUT2D eigenvalue weighted by atomic mass is 32.1. The Balaban J connectivity index is 2.04. The van der Waals surface area contributed by atoms with E-state index in [1.54, 1.807) is 0 Å². The van der Waals surface area contributed by atoms with Crippen molar-refractivity contribution >= 4 is 93.6 Å². The number of hydrogen-bond donors (Lipinski definition) is 4. The Bertz CT molecular complexity index is 1280. The van der Waals surface area contributed by atoms with Gasteiger partial charge < -0.3 is 0 Å². The highest BCUT2D eigenvalue weighted by Gasteiger charge is 2.18. The summed E-state index contributed by atoms with van der Waals surface area (Å²) in [6.45, 7) is 0. The summed E-state index contributed by atoms with van der Waals surface area (Å²) in [5.74, 6) is 3.31. The number of hydrogen-bond acceptors (Lipinski definition) is 4. The Kier molecular flexibility index (Phi) is 7.60. The summed E-state index contributed by atoms with van der Waals surface area (Å²) in [6, 6.07) is 22.7. The van der Waals surface area contributed by atoms with Crippen LogP contribution in [-0.2, 0) is 25.7 Å². The molecule has 0 aromatic heterocycles. The van der Waals surface area contributed by atoms with Gasteiger partial charge in [-0.15, -0.1) is 0 Å². The maximum Gasteiger partial charge on any atom is -0.00569 e. The van der Waals surface area contributed by atoms with Gasteiger partial charge in [0.05, 0.1) is 0 Å². The molecule has 0 fully saturated rings. The van der Waals surface area contributed by atoms with E-state index in [2.05, 4.69) is 111 Å². The van der Waals surface area contributed by atoms with Crippen LogP contribution in [0.15, 0.2) is 60.7 Å². The minimum absolute atomic E-state index is 0.829. The van der Waals surface area contributed by atoms with E-state index in [1.165, 1.54) is 65.3 Å². The number of thiol groups is 4. The molecule has 0 saturated carbocycles. The van der Waals surface area contributed by atoms with Crippen LogP contribution in [0.5, 0.6) is 0 Å². The van der Waals surface area contributed by atoms with Crippen LogP contribution in [0, 0.1) is 0 Å². The molecule has 4 heteroatoms. The van der Waals surface area contributed by atoms with Crippen LogP contribution in [0.25, 0.3) is 43.1 Å². The molecule has 0 aliphatic carbocycles. The van der Waals surface area contributed by atoms with Crippen molar-refractivity contribution in [3.63, 3.8) is 0 Å². The van der Waals surface area contributed by atoms with Crippen LogP contribution in [0.1, 0.15) is 22.3 Å². The lowest BCUT2D eigenvalue weighted by molar-refractivity contribution is 1.17. The van der Waals surface area contributed by atoms with E-state index in [-0.39, 0.29) is 0 Å². The average molecular weight is 519 g/mol. The minimum atomic E-state index is 0.829. The Morgan fingerprint density at radius 1 is 0.353 bits per heavy atom. The van der Waals surface area contributed by atoms with Crippen LogP contribution in [0.2, 0.25) is 0 Å². The van der Waals surface area contributed by atoms with Gasteiger partial charge in [-0.25, -0.2) is 0 Å². The van der Waals surface area contributed by atoms with Crippen LogP contribution < -0.4 is 0 Å². The minimum Gasteiger partial charge on any atom is -0.179 e. The van der Waals surface area contributed by atoms with Crippen molar-refractivity contribution in [1.82, 2.24) is 0 Å². The monoisotopic (exact) mass is 518 g/mol. The molecular formula is C30H30S4. The lowest BCUT2D eigenvalue weighted by Crippen LogP contribution is -2.01. The molecule has 0 saturated heterocycles. The Morgan fingerprint density at radius 3 is 0.794 bits per heavy atom. The van der Waals surface area contributed by atoms with Crippen molar-refractivity contribution < 1.29 is 0 Å². The van der Waals surface area contributed by atoms with Crippen LogP contribution >= 0.6 is 50.5 Å². The number of benzene rings is 5. The van der Waals surface area contributed by atoms with Crippen molar-refractivity contribution in [2.75, 3.05) is 23.0 Å². The summed E-state index contributed by atoms with van der Waals surface area (Å²) in [7, 11) is 0. The van der Waals surface area contributed by atoms with E-state index in [1.807, 2.05) is 0 Å². The highest BCUT2D eigenvalue weighted by molar-refractivity contribution is 7.80. The molecule has 0 N–H and O–H groups in total. The molecule has 0 radical (unpaired) electrons. The molecular weight excluding hydrogens is 489 g/mol. The average Bonchev–Trinajstić information content (AvgIpc) is 2.87. The first-order valence-corrected chi connectivity index (χ1v) is 14.5. The topological polar surface area (TPSA) is 0 Å². The molecule has 0 spiro atoms. The van der Waals surface area contributed by atoms with Crippen molar-refractivity contribution in [3.05, 3.63) is 82.9 Å². The van der Waals surface area contributed by atoms with Gasteiger partial charge in [-0.1, -0.05) is 48.5 Å². The van der Waals surface area contributed by atoms with Gasteiger partial charge in [-0.3, -0.25) is 0 Å². The van der Waals surface area contributed by atoms with Crippen molar-refractivity contribution in [2.24, 2.45) is 0 Å². The molecule has 5 rings (SSSR count). The normalized spacial score (nSPS) is 11.9. The van der Waals surface area contributed by atoms with Crippen molar-refractivity contribution in [2.45, 2.75) is 25.7 Å². The molecule has 5 aromatic carbocycles. The third-order valence-electron chi connectivity index (χ3n) is 7.06. The molecule has 0 aliphatic rings. The van der Waals surface area contributed by atoms with Gasteiger partial charge >= 0.3 is 0 Å². The largest absolute Gasteiger partial charge is 0.179 e. The lowest BCUT2D eigenvalue weighted by atomic mass is 9.84. The third-order valence-corrected chi connectivity index (χ3v) is 7.95. The first-order chi connectivity index (χ1) is 16.7. The molecule has 0 amide bonds. The Labute approximate surface area is 224 Å². The maximum absolute atomic E-state index is 4.64. The molecule has 0 heterocycles. The summed E-state index contributed by atoms with van der Waals surface area (Å²) in [5.41, 5.74) is 5.63. The van der Waals surface area contributed by atoms with E-state index in [4.69, 9.17) is 0 Å². The van der Waals surface area contributed by atoms with E-state index in [0.717, 1.165) is 48.7 Å². The Morgan fingerprint density at radius 2 is 0.588 bits per heavy atom. The van der Waals surface area contributed by atoms with Gasteiger partial charge in [0.2, 0.25) is 0 Å². The maximum atomic E-state index is 4.64. The van der Waals surface area contributed by atoms with Crippen LogP contribution in [-0.4, -0.2) is 23.0 Å². The molecule has 0 atom stereocenters. The summed E-state index contributed by atoms with van der Waals surface area (Å²) >= 11 is 18.6. The molecule has 0 bridgehead atoms. The fourth-order valence-electron chi connectivity index (χ4n) is 5.72. The molecule has 174 valence electrons. The van der Waals surface area contributed by atoms with E-state index in [0.29, 0.717) is 0 Å². The first kappa shape index (κ1) is 24.2. The smallest absolute Gasteiger partial charge is 0.00569 e. The summed E-state index contributed by atoms with van der Waals surface area (Å²) in [5, 5.41) is 10.9. The van der Waals surface area contributed by atoms with Gasteiger partial charge in [0.15, 0.2) is 0 Å². The molecule has 0 unspecified atom stereocenters. The Hall–Kier alpha value is -1.46. The number of fused-ring (bicyclic) bond motifs is 4. The quantitative estimate of drug-likeness (QED) is 0.115. The highest BCUT2D eigenvalue weighted by Crippen LogP contribution is 2.41. The summed E-state index contributed by atoms with van der Waals surface area (Å²) < 4.78 is 0. The molecule has 0 aliphatic heterocycles. The second-order valence-corrected chi connectivity index (χ2v) is 10.6. The van der Waals surface area contributed by atoms with Gasteiger partial charge in [0, 0.05) is 0 Å². The van der Waals surface area contributed by atoms with Gasteiger partial charge in [0.1, 0.15) is 0 Å².